The van der Waals surface area contributed by atoms with Crippen LogP contribution in [0.5, 0.6) is 0 Å². The van der Waals surface area contributed by atoms with Crippen molar-refractivity contribution >= 4 is 11.8 Å². The van der Waals surface area contributed by atoms with Crippen molar-refractivity contribution < 1.29 is 9.59 Å². The molecule has 4 nitrogen and oxygen atoms in total. The topological polar surface area (TPSA) is 49.4 Å². The van der Waals surface area contributed by atoms with Crippen LogP contribution >= 0.6 is 0 Å². The quantitative estimate of drug-likeness (QED) is 0.878. The Morgan fingerprint density at radius 2 is 1.91 bits per heavy atom. The molecule has 0 saturated carbocycles. The van der Waals surface area contributed by atoms with Gasteiger partial charge in [0, 0.05) is 19.0 Å². The summed E-state index contributed by atoms with van der Waals surface area (Å²) in [4.78, 5) is 26.8. The zero-order valence-electron chi connectivity index (χ0n) is 13.5. The van der Waals surface area contributed by atoms with E-state index in [9.17, 15) is 9.59 Å². The van der Waals surface area contributed by atoms with Crippen LogP contribution in [0.2, 0.25) is 0 Å². The van der Waals surface area contributed by atoms with E-state index in [0.717, 1.165) is 31.2 Å². The summed E-state index contributed by atoms with van der Waals surface area (Å²) >= 11 is 0. The zero-order chi connectivity index (χ0) is 15.9. The molecule has 1 aliphatic heterocycles. The van der Waals surface area contributed by atoms with E-state index in [1.165, 1.54) is 0 Å². The number of amides is 2. The van der Waals surface area contributed by atoms with Crippen molar-refractivity contribution in [2.24, 2.45) is 5.92 Å². The minimum absolute atomic E-state index is 0.0272. The second-order valence-electron chi connectivity index (χ2n) is 5.91. The first-order valence-corrected chi connectivity index (χ1v) is 8.29. The molecule has 2 rings (SSSR count). The summed E-state index contributed by atoms with van der Waals surface area (Å²) in [7, 11) is 0. The van der Waals surface area contributed by atoms with E-state index >= 15 is 0 Å². The van der Waals surface area contributed by atoms with Gasteiger partial charge in [-0.2, -0.15) is 0 Å². The van der Waals surface area contributed by atoms with Crippen LogP contribution in [0, 0.1) is 5.92 Å². The Labute approximate surface area is 132 Å². The summed E-state index contributed by atoms with van der Waals surface area (Å²) in [5, 5.41) is 2.97. The molecule has 120 valence electrons. The first-order valence-electron chi connectivity index (χ1n) is 8.29. The van der Waals surface area contributed by atoms with Crippen LogP contribution in [0.15, 0.2) is 30.3 Å². The summed E-state index contributed by atoms with van der Waals surface area (Å²) in [5.41, 5.74) is 1.08. The van der Waals surface area contributed by atoms with Gasteiger partial charge in [0.1, 0.15) is 6.04 Å². The Morgan fingerprint density at radius 3 is 2.55 bits per heavy atom. The van der Waals surface area contributed by atoms with Crippen molar-refractivity contribution in [3.8, 4) is 0 Å². The van der Waals surface area contributed by atoms with Gasteiger partial charge in [-0.05, 0) is 31.2 Å². The number of carbonyl (C=O) groups is 2. The third-order valence-electron chi connectivity index (χ3n) is 4.48. The van der Waals surface area contributed by atoms with Gasteiger partial charge in [0.05, 0.1) is 0 Å². The van der Waals surface area contributed by atoms with E-state index in [-0.39, 0.29) is 23.8 Å². The van der Waals surface area contributed by atoms with Crippen LogP contribution in [0.25, 0.3) is 0 Å². The molecule has 0 spiro atoms. The third-order valence-corrected chi connectivity index (χ3v) is 4.48. The molecule has 1 saturated heterocycles. The molecule has 1 aliphatic rings. The molecule has 22 heavy (non-hydrogen) atoms. The van der Waals surface area contributed by atoms with Crippen molar-refractivity contribution in [3.63, 3.8) is 0 Å². The fraction of sp³-hybridized carbons (Fsp3) is 0.556. The van der Waals surface area contributed by atoms with Crippen molar-refractivity contribution in [1.29, 1.82) is 0 Å². The fourth-order valence-electron chi connectivity index (χ4n) is 3.08. The average Bonchev–Trinajstić information content (AvgIpc) is 3.04. The van der Waals surface area contributed by atoms with E-state index in [2.05, 4.69) is 5.32 Å². The summed E-state index contributed by atoms with van der Waals surface area (Å²) < 4.78 is 0. The van der Waals surface area contributed by atoms with Crippen LogP contribution in [0.4, 0.5) is 0 Å². The first kappa shape index (κ1) is 16.5. The summed E-state index contributed by atoms with van der Waals surface area (Å²) in [6.07, 6.45) is 3.36. The molecule has 1 aromatic carbocycles. The van der Waals surface area contributed by atoms with Gasteiger partial charge < -0.3 is 10.2 Å². The standard InChI is InChI=1S/C18H26N2O2/c1-3-15(4-2)18(22)20-12-8-11-16(20)17(21)19-13-14-9-6-5-7-10-14/h5-7,9-10,15-16H,3-4,8,11-13H2,1-2H3,(H,19,21)/t16-/m0/s1. The molecule has 1 N–H and O–H groups in total. The summed E-state index contributed by atoms with van der Waals surface area (Å²) in [6, 6.07) is 9.55. The second kappa shape index (κ2) is 7.97. The van der Waals surface area contributed by atoms with E-state index in [1.54, 1.807) is 4.90 Å². The Bertz CT molecular complexity index is 497. The number of nitrogens with zero attached hydrogens (tertiary/aromatic N) is 1. The van der Waals surface area contributed by atoms with E-state index < -0.39 is 0 Å². The summed E-state index contributed by atoms with van der Waals surface area (Å²) in [6.45, 7) is 5.29. The molecule has 0 unspecified atom stereocenters. The minimum Gasteiger partial charge on any atom is -0.350 e. The van der Waals surface area contributed by atoms with Crippen LogP contribution in [0.1, 0.15) is 45.1 Å². The smallest absolute Gasteiger partial charge is 0.243 e. The van der Waals surface area contributed by atoms with E-state index in [4.69, 9.17) is 0 Å². The maximum absolute atomic E-state index is 12.5. The SMILES string of the molecule is CCC(CC)C(=O)N1CCC[C@H]1C(=O)NCc1ccccc1. The van der Waals surface area contributed by atoms with Gasteiger partial charge in [0.2, 0.25) is 11.8 Å². The van der Waals surface area contributed by atoms with Gasteiger partial charge >= 0.3 is 0 Å². The lowest BCUT2D eigenvalue weighted by molar-refractivity contribution is -0.141. The first-order chi connectivity index (χ1) is 10.7. The van der Waals surface area contributed by atoms with Crippen molar-refractivity contribution in [1.82, 2.24) is 10.2 Å². The number of hydrogen-bond acceptors (Lipinski definition) is 2. The van der Waals surface area contributed by atoms with Gasteiger partial charge in [-0.25, -0.2) is 0 Å². The molecule has 0 bridgehead atoms. The monoisotopic (exact) mass is 302 g/mol. The fourth-order valence-corrected chi connectivity index (χ4v) is 3.08. The maximum atomic E-state index is 12.5. The number of rotatable bonds is 6. The van der Waals surface area contributed by atoms with Crippen LogP contribution in [-0.2, 0) is 16.1 Å². The van der Waals surface area contributed by atoms with Crippen molar-refractivity contribution in [2.75, 3.05) is 6.54 Å². The maximum Gasteiger partial charge on any atom is 0.243 e. The molecule has 0 aromatic heterocycles. The lowest BCUT2D eigenvalue weighted by Gasteiger charge is -2.27. The molecule has 4 heteroatoms. The largest absolute Gasteiger partial charge is 0.350 e. The van der Waals surface area contributed by atoms with Gasteiger partial charge in [-0.1, -0.05) is 44.2 Å². The molecular weight excluding hydrogens is 276 g/mol. The highest BCUT2D eigenvalue weighted by Crippen LogP contribution is 2.22. The molecule has 1 aromatic rings. The second-order valence-corrected chi connectivity index (χ2v) is 5.91. The van der Waals surface area contributed by atoms with Crippen molar-refractivity contribution in [2.45, 2.75) is 52.1 Å². The van der Waals surface area contributed by atoms with Crippen molar-refractivity contribution in [3.05, 3.63) is 35.9 Å². The lowest BCUT2D eigenvalue weighted by atomic mass is 10.0. The predicted molar refractivity (Wildman–Crippen MR) is 87.1 cm³/mol. The highest BCUT2D eigenvalue weighted by Gasteiger charge is 2.35. The van der Waals surface area contributed by atoms with Gasteiger partial charge in [-0.3, -0.25) is 9.59 Å². The van der Waals surface area contributed by atoms with Crippen LogP contribution < -0.4 is 5.32 Å². The van der Waals surface area contributed by atoms with E-state index in [0.29, 0.717) is 13.1 Å². The molecule has 2 amide bonds. The molecule has 0 radical (unpaired) electrons. The normalized spacial score (nSPS) is 17.8. The van der Waals surface area contributed by atoms with Crippen LogP contribution in [0.3, 0.4) is 0 Å². The Hall–Kier alpha value is -1.84. The molecule has 1 atom stereocenters. The van der Waals surface area contributed by atoms with Gasteiger partial charge in [0.15, 0.2) is 0 Å². The third kappa shape index (κ3) is 3.87. The minimum atomic E-state index is -0.295. The predicted octanol–water partition coefficient (Wildman–Crippen LogP) is 2.73. The average molecular weight is 302 g/mol. The molecule has 0 aliphatic carbocycles. The highest BCUT2D eigenvalue weighted by atomic mass is 16.2. The number of benzene rings is 1. The lowest BCUT2D eigenvalue weighted by Crippen LogP contribution is -2.47. The number of likely N-dealkylation sites (tertiary alicyclic amines) is 1. The molecule has 1 fully saturated rings. The molecule has 1 heterocycles. The van der Waals surface area contributed by atoms with E-state index in [1.807, 2.05) is 44.2 Å². The Morgan fingerprint density at radius 1 is 1.23 bits per heavy atom. The van der Waals surface area contributed by atoms with Gasteiger partial charge in [0.25, 0.3) is 0 Å². The van der Waals surface area contributed by atoms with Gasteiger partial charge in [-0.15, -0.1) is 0 Å². The Kier molecular flexibility index (Phi) is 5.99. The number of nitrogens with one attached hydrogen (secondary N) is 1. The Balaban J connectivity index is 1.94. The van der Waals surface area contributed by atoms with Crippen LogP contribution in [-0.4, -0.2) is 29.3 Å². The highest BCUT2D eigenvalue weighted by molar-refractivity contribution is 5.89. The zero-order valence-corrected chi connectivity index (χ0v) is 13.5. The number of carbonyl (C=O) groups excluding carboxylic acids is 2. The molecular formula is C18H26N2O2. The summed E-state index contributed by atoms with van der Waals surface area (Å²) in [5.74, 6) is 0.158. The number of hydrogen-bond donors (Lipinski definition) is 1.